The molecule has 0 spiro atoms. The number of ether oxygens (including phenoxy) is 1. The molecule has 1 aromatic carbocycles. The van der Waals surface area contributed by atoms with Gasteiger partial charge in [0.2, 0.25) is 15.7 Å². The van der Waals surface area contributed by atoms with E-state index in [2.05, 4.69) is 9.97 Å². The molecule has 23 heavy (non-hydrogen) atoms. The van der Waals surface area contributed by atoms with Crippen molar-refractivity contribution in [1.82, 2.24) is 9.97 Å². The molecule has 0 saturated carbocycles. The van der Waals surface area contributed by atoms with Gasteiger partial charge in [-0.15, -0.1) is 0 Å². The first-order valence-electron chi connectivity index (χ1n) is 6.65. The molecule has 0 unspecified atom stereocenters. The zero-order valence-electron chi connectivity index (χ0n) is 12.8. The predicted molar refractivity (Wildman–Crippen MR) is 84.9 cm³/mol. The minimum Gasteiger partial charge on any atom is -0.477 e. The van der Waals surface area contributed by atoms with Crippen molar-refractivity contribution in [2.45, 2.75) is 17.1 Å². The molecule has 7 nitrogen and oxygen atoms in total. The van der Waals surface area contributed by atoms with Crippen LogP contribution in [0.1, 0.15) is 6.92 Å². The highest BCUT2D eigenvalue weighted by Gasteiger charge is 2.26. The Morgan fingerprint density at radius 1 is 0.957 bits per heavy atom. The third-order valence-electron chi connectivity index (χ3n) is 2.85. The van der Waals surface area contributed by atoms with Crippen molar-refractivity contribution in [1.29, 1.82) is 0 Å². The minimum atomic E-state index is -3.80. The smallest absolute Gasteiger partial charge is 0.251 e. The largest absolute Gasteiger partial charge is 0.477 e. The van der Waals surface area contributed by atoms with Crippen LogP contribution in [0.4, 0.5) is 0 Å². The molecule has 0 aliphatic heterocycles. The standard InChI is InChI=1S/C14H16N2O5S2/c1-4-21-12-11(10-8-6-5-7-9-10)13(22(2,17)18)16-14(15-12)23(3,19)20/h5-9H,4H2,1-3H3. The van der Waals surface area contributed by atoms with E-state index >= 15 is 0 Å². The molecule has 0 bridgehead atoms. The van der Waals surface area contributed by atoms with E-state index in [1.807, 2.05) is 0 Å². The van der Waals surface area contributed by atoms with Crippen molar-refractivity contribution in [2.24, 2.45) is 0 Å². The summed E-state index contributed by atoms with van der Waals surface area (Å²) in [6.07, 6.45) is 1.87. The molecule has 2 aromatic rings. The van der Waals surface area contributed by atoms with Gasteiger partial charge in [-0.2, -0.15) is 4.98 Å². The Morgan fingerprint density at radius 3 is 2.04 bits per heavy atom. The van der Waals surface area contributed by atoms with Crippen LogP contribution < -0.4 is 4.74 Å². The summed E-state index contributed by atoms with van der Waals surface area (Å²) in [4.78, 5) is 7.67. The van der Waals surface area contributed by atoms with Crippen LogP contribution in [0.15, 0.2) is 40.5 Å². The zero-order valence-corrected chi connectivity index (χ0v) is 14.5. The summed E-state index contributed by atoms with van der Waals surface area (Å²) in [6, 6.07) is 8.57. The summed E-state index contributed by atoms with van der Waals surface area (Å²) in [5.41, 5.74) is 0.679. The van der Waals surface area contributed by atoms with Gasteiger partial charge in [-0.05, 0) is 12.5 Å². The molecule has 0 atom stereocenters. The van der Waals surface area contributed by atoms with Gasteiger partial charge in [0.1, 0.15) is 0 Å². The number of nitrogens with zero attached hydrogens (tertiary/aromatic N) is 2. The van der Waals surface area contributed by atoms with Crippen LogP contribution in [-0.4, -0.2) is 45.9 Å². The number of hydrogen-bond acceptors (Lipinski definition) is 7. The molecule has 1 heterocycles. The highest BCUT2D eigenvalue weighted by atomic mass is 32.2. The molecular formula is C14H16N2O5S2. The van der Waals surface area contributed by atoms with Gasteiger partial charge >= 0.3 is 0 Å². The Labute approximate surface area is 135 Å². The maximum atomic E-state index is 12.1. The highest BCUT2D eigenvalue weighted by molar-refractivity contribution is 7.91. The van der Waals surface area contributed by atoms with Crippen LogP contribution >= 0.6 is 0 Å². The second kappa shape index (κ2) is 6.25. The number of rotatable bonds is 5. The molecule has 0 aliphatic rings. The first-order chi connectivity index (χ1) is 10.6. The van der Waals surface area contributed by atoms with Crippen molar-refractivity contribution in [2.75, 3.05) is 19.1 Å². The van der Waals surface area contributed by atoms with Gasteiger partial charge in [0.15, 0.2) is 14.9 Å². The van der Waals surface area contributed by atoms with Gasteiger partial charge in [-0.25, -0.2) is 21.8 Å². The highest BCUT2D eigenvalue weighted by Crippen LogP contribution is 2.34. The third kappa shape index (κ3) is 3.85. The van der Waals surface area contributed by atoms with Crippen LogP contribution in [0.5, 0.6) is 5.88 Å². The first kappa shape index (κ1) is 17.4. The Balaban J connectivity index is 2.93. The molecule has 0 aliphatic carbocycles. The Morgan fingerprint density at radius 2 is 1.57 bits per heavy atom. The van der Waals surface area contributed by atoms with Crippen LogP contribution in [0.3, 0.4) is 0 Å². The fraction of sp³-hybridized carbons (Fsp3) is 0.286. The lowest BCUT2D eigenvalue weighted by Crippen LogP contribution is -2.13. The van der Waals surface area contributed by atoms with E-state index in [1.54, 1.807) is 37.3 Å². The molecule has 2 rings (SSSR count). The topological polar surface area (TPSA) is 103 Å². The van der Waals surface area contributed by atoms with Crippen molar-refractivity contribution in [3.05, 3.63) is 30.3 Å². The maximum Gasteiger partial charge on any atom is 0.251 e. The summed E-state index contributed by atoms with van der Waals surface area (Å²) < 4.78 is 53.1. The fourth-order valence-electron chi connectivity index (χ4n) is 1.93. The summed E-state index contributed by atoms with van der Waals surface area (Å²) in [7, 11) is -7.59. The molecule has 9 heteroatoms. The molecule has 0 saturated heterocycles. The number of hydrogen-bond donors (Lipinski definition) is 0. The second-order valence-electron chi connectivity index (χ2n) is 4.83. The van der Waals surface area contributed by atoms with E-state index in [1.165, 1.54) is 0 Å². The SMILES string of the molecule is CCOc1nc(S(C)(=O)=O)nc(S(C)(=O)=O)c1-c1ccccc1. The molecule has 124 valence electrons. The average molecular weight is 356 g/mol. The summed E-state index contributed by atoms with van der Waals surface area (Å²) >= 11 is 0. The van der Waals surface area contributed by atoms with Crippen molar-refractivity contribution < 1.29 is 21.6 Å². The van der Waals surface area contributed by atoms with E-state index in [0.29, 0.717) is 5.56 Å². The Hall–Kier alpha value is -2.00. The monoisotopic (exact) mass is 356 g/mol. The van der Waals surface area contributed by atoms with Gasteiger partial charge in [0.25, 0.3) is 5.16 Å². The van der Waals surface area contributed by atoms with E-state index in [0.717, 1.165) is 12.5 Å². The van der Waals surface area contributed by atoms with Gasteiger partial charge in [0.05, 0.1) is 12.2 Å². The number of sulfone groups is 2. The predicted octanol–water partition coefficient (Wildman–Crippen LogP) is 1.35. The third-order valence-corrected chi connectivity index (χ3v) is 4.69. The normalized spacial score (nSPS) is 12.1. The molecular weight excluding hydrogens is 340 g/mol. The van der Waals surface area contributed by atoms with Crippen LogP contribution in [0, 0.1) is 0 Å². The summed E-state index contributed by atoms with van der Waals surface area (Å²) in [6.45, 7) is 1.89. The second-order valence-corrected chi connectivity index (χ2v) is 8.68. The van der Waals surface area contributed by atoms with E-state index in [4.69, 9.17) is 4.74 Å². The van der Waals surface area contributed by atoms with Crippen LogP contribution in [-0.2, 0) is 19.7 Å². The van der Waals surface area contributed by atoms with Crippen LogP contribution in [0.2, 0.25) is 0 Å². The molecule has 1 aromatic heterocycles. The van der Waals surface area contributed by atoms with Gasteiger partial charge < -0.3 is 4.74 Å². The van der Waals surface area contributed by atoms with E-state index in [-0.39, 0.29) is 23.1 Å². The lowest BCUT2D eigenvalue weighted by Gasteiger charge is -2.14. The van der Waals surface area contributed by atoms with Crippen molar-refractivity contribution in [3.8, 4) is 17.0 Å². The Kier molecular flexibility index (Phi) is 4.71. The fourth-order valence-corrected chi connectivity index (χ4v) is 3.32. The molecule has 0 fully saturated rings. The Bertz CT molecular complexity index is 923. The lowest BCUT2D eigenvalue weighted by molar-refractivity contribution is 0.322. The van der Waals surface area contributed by atoms with Crippen molar-refractivity contribution >= 4 is 19.7 Å². The van der Waals surface area contributed by atoms with Crippen molar-refractivity contribution in [3.63, 3.8) is 0 Å². The number of aromatic nitrogens is 2. The quantitative estimate of drug-likeness (QED) is 0.588. The van der Waals surface area contributed by atoms with Crippen LogP contribution in [0.25, 0.3) is 11.1 Å². The minimum absolute atomic E-state index is 0.0745. The van der Waals surface area contributed by atoms with E-state index in [9.17, 15) is 16.8 Å². The molecule has 0 radical (unpaired) electrons. The number of benzene rings is 1. The lowest BCUT2D eigenvalue weighted by atomic mass is 10.1. The molecule has 0 N–H and O–H groups in total. The van der Waals surface area contributed by atoms with E-state index < -0.39 is 24.8 Å². The van der Waals surface area contributed by atoms with Gasteiger partial charge in [-0.3, -0.25) is 0 Å². The average Bonchev–Trinajstić information content (AvgIpc) is 2.46. The summed E-state index contributed by atoms with van der Waals surface area (Å²) in [5, 5.41) is -0.955. The van der Waals surface area contributed by atoms with Gasteiger partial charge in [0, 0.05) is 12.5 Å². The summed E-state index contributed by atoms with van der Waals surface area (Å²) in [5.74, 6) is -0.0745. The zero-order chi connectivity index (χ0) is 17.3. The molecule has 0 amide bonds. The van der Waals surface area contributed by atoms with Gasteiger partial charge in [-0.1, -0.05) is 30.3 Å². The first-order valence-corrected chi connectivity index (χ1v) is 10.4. The maximum absolute atomic E-state index is 12.1.